The topological polar surface area (TPSA) is 26.3 Å². The second-order valence-electron chi connectivity index (χ2n) is 4.79. The third kappa shape index (κ3) is 3.37. The molecule has 0 aliphatic rings. The number of halogens is 6. The lowest BCUT2D eigenvalue weighted by Gasteiger charge is -2.27. The monoisotopic (exact) mass is 348 g/mol. The predicted octanol–water partition coefficient (Wildman–Crippen LogP) is 4.90. The highest BCUT2D eigenvalue weighted by Crippen LogP contribution is 2.47. The molecular weight excluding hydrogens is 338 g/mol. The summed E-state index contributed by atoms with van der Waals surface area (Å²) < 4.78 is 81.8. The van der Waals surface area contributed by atoms with E-state index in [-0.39, 0.29) is 11.3 Å². The Morgan fingerprint density at radius 1 is 0.875 bits per heavy atom. The first-order valence-corrected chi connectivity index (χ1v) is 6.58. The molecule has 0 saturated carbocycles. The van der Waals surface area contributed by atoms with Crippen molar-refractivity contribution in [2.75, 3.05) is 0 Å². The van der Waals surface area contributed by atoms with Gasteiger partial charge in [-0.3, -0.25) is 0 Å². The Bertz CT molecular complexity index is 697. The molecule has 0 N–H and O–H groups in total. The van der Waals surface area contributed by atoms with E-state index in [0.29, 0.717) is 12.1 Å². The zero-order valence-corrected chi connectivity index (χ0v) is 11.9. The molecule has 0 spiro atoms. The number of rotatable bonds is 4. The van der Waals surface area contributed by atoms with Crippen LogP contribution in [0.1, 0.15) is 15.9 Å². The minimum Gasteiger partial charge on any atom is -0.423 e. The van der Waals surface area contributed by atoms with Gasteiger partial charge in [0.05, 0.1) is 5.56 Å². The molecule has 2 aromatic rings. The third-order valence-corrected chi connectivity index (χ3v) is 3.21. The van der Waals surface area contributed by atoms with Gasteiger partial charge in [0.1, 0.15) is 5.75 Å². The summed E-state index contributed by atoms with van der Waals surface area (Å²) in [6, 6.07) is 10.4. The van der Waals surface area contributed by atoms with Gasteiger partial charge in [0, 0.05) is 5.56 Å². The molecule has 2 nitrogen and oxygen atoms in total. The number of esters is 1. The van der Waals surface area contributed by atoms with Gasteiger partial charge in [-0.15, -0.1) is 0 Å². The van der Waals surface area contributed by atoms with Crippen LogP contribution in [0.4, 0.5) is 26.3 Å². The van der Waals surface area contributed by atoms with Crippen LogP contribution in [0.25, 0.3) is 0 Å². The molecule has 2 aromatic carbocycles. The fraction of sp³-hybridized carbons (Fsp3) is 0.188. The molecule has 0 bridgehead atoms. The smallest absolute Gasteiger partial charge is 0.423 e. The van der Waals surface area contributed by atoms with Gasteiger partial charge >= 0.3 is 12.1 Å². The largest absolute Gasteiger partial charge is 0.432 e. The van der Waals surface area contributed by atoms with E-state index in [4.69, 9.17) is 4.74 Å². The highest BCUT2D eigenvalue weighted by molar-refractivity contribution is 5.90. The number of carbonyl (C=O) groups is 1. The van der Waals surface area contributed by atoms with Crippen LogP contribution in [0, 0.1) is 0 Å². The van der Waals surface area contributed by atoms with Crippen molar-refractivity contribution < 1.29 is 35.9 Å². The minimum atomic E-state index is -5.79. The highest BCUT2D eigenvalue weighted by atomic mass is 19.4. The molecule has 2 rings (SSSR count). The summed E-state index contributed by atoms with van der Waals surface area (Å²) in [4.78, 5) is 11.8. The molecule has 0 aromatic heterocycles. The van der Waals surface area contributed by atoms with Gasteiger partial charge in [-0.2, -0.15) is 13.2 Å². The number of alkyl halides is 6. The van der Waals surface area contributed by atoms with Gasteiger partial charge in [-0.25, -0.2) is 18.0 Å². The van der Waals surface area contributed by atoms with Gasteiger partial charge < -0.3 is 4.74 Å². The van der Waals surface area contributed by atoms with Crippen molar-refractivity contribution >= 4 is 5.97 Å². The maximum atomic E-state index is 13.8. The normalized spacial score (nSPS) is 14.3. The highest BCUT2D eigenvalue weighted by Gasteiger charge is 2.63. The lowest BCUT2D eigenvalue weighted by atomic mass is 9.95. The van der Waals surface area contributed by atoms with Crippen molar-refractivity contribution in [1.82, 2.24) is 0 Å². The molecule has 0 amide bonds. The number of hydrogen-bond donors (Lipinski definition) is 0. The lowest BCUT2D eigenvalue weighted by molar-refractivity contribution is -0.274. The Morgan fingerprint density at radius 3 is 1.88 bits per heavy atom. The predicted molar refractivity (Wildman–Crippen MR) is 72.7 cm³/mol. The van der Waals surface area contributed by atoms with E-state index < -0.39 is 29.8 Å². The van der Waals surface area contributed by atoms with Crippen molar-refractivity contribution in [3.05, 3.63) is 65.7 Å². The van der Waals surface area contributed by atoms with Crippen LogP contribution in [0.5, 0.6) is 5.75 Å². The molecule has 0 radical (unpaired) electrons. The first-order chi connectivity index (χ1) is 11.2. The van der Waals surface area contributed by atoms with E-state index in [1.165, 1.54) is 12.1 Å². The summed E-state index contributed by atoms with van der Waals surface area (Å²) in [5.74, 6) is -0.995. The van der Waals surface area contributed by atoms with Crippen molar-refractivity contribution in [1.29, 1.82) is 0 Å². The Kier molecular flexibility index (Phi) is 4.86. The van der Waals surface area contributed by atoms with E-state index in [9.17, 15) is 31.1 Å². The zero-order chi connectivity index (χ0) is 18.0. The second-order valence-corrected chi connectivity index (χ2v) is 4.79. The summed E-state index contributed by atoms with van der Waals surface area (Å²) in [6.07, 6.45) is -10.1. The lowest BCUT2D eigenvalue weighted by Crippen LogP contribution is -2.44. The zero-order valence-electron chi connectivity index (χ0n) is 11.9. The van der Waals surface area contributed by atoms with Gasteiger partial charge in [-0.05, 0) is 24.3 Å². The molecule has 1 unspecified atom stereocenters. The molecule has 24 heavy (non-hydrogen) atoms. The molecular formula is C16H10F6O2. The summed E-state index contributed by atoms with van der Waals surface area (Å²) in [6.45, 7) is 0. The number of ether oxygens (including phenoxy) is 1. The fourth-order valence-electron chi connectivity index (χ4n) is 1.92. The number of hydrogen-bond acceptors (Lipinski definition) is 2. The van der Waals surface area contributed by atoms with E-state index in [0.717, 1.165) is 12.1 Å². The summed E-state index contributed by atoms with van der Waals surface area (Å²) in [5, 5.41) is 0. The molecule has 0 fully saturated rings. The molecule has 1 atom stereocenters. The average molecular weight is 348 g/mol. The molecule has 8 heteroatoms. The summed E-state index contributed by atoms with van der Waals surface area (Å²) >= 11 is 0. The third-order valence-electron chi connectivity index (χ3n) is 3.21. The quantitative estimate of drug-likeness (QED) is 0.446. The fourth-order valence-corrected chi connectivity index (χ4v) is 1.92. The minimum absolute atomic E-state index is 0.185. The van der Waals surface area contributed by atoms with E-state index in [1.807, 2.05) is 0 Å². The summed E-state index contributed by atoms with van der Waals surface area (Å²) in [7, 11) is 0. The van der Waals surface area contributed by atoms with E-state index in [1.54, 1.807) is 18.2 Å². The van der Waals surface area contributed by atoms with Gasteiger partial charge in [0.15, 0.2) is 0 Å². The van der Waals surface area contributed by atoms with E-state index >= 15 is 0 Å². The van der Waals surface area contributed by atoms with Crippen molar-refractivity contribution in [2.45, 2.75) is 18.3 Å². The van der Waals surface area contributed by atoms with Crippen LogP contribution < -0.4 is 4.74 Å². The van der Waals surface area contributed by atoms with Crippen LogP contribution in [0.3, 0.4) is 0 Å². The van der Waals surface area contributed by atoms with Crippen LogP contribution in [-0.4, -0.2) is 18.6 Å². The second kappa shape index (κ2) is 6.54. The van der Waals surface area contributed by atoms with Crippen LogP contribution in [-0.2, 0) is 5.67 Å². The van der Waals surface area contributed by atoms with Gasteiger partial charge in [0.25, 0.3) is 12.1 Å². The molecule has 0 aliphatic carbocycles. The Balaban J connectivity index is 2.23. The number of benzene rings is 2. The maximum absolute atomic E-state index is 13.8. The Hall–Kier alpha value is -2.51. The Labute approximate surface area is 132 Å². The molecule has 0 heterocycles. The maximum Gasteiger partial charge on any atom is 0.432 e. The Morgan fingerprint density at radius 2 is 1.42 bits per heavy atom. The first-order valence-electron chi connectivity index (χ1n) is 6.58. The molecule has 0 saturated heterocycles. The van der Waals surface area contributed by atoms with Crippen LogP contribution >= 0.6 is 0 Å². The summed E-state index contributed by atoms with van der Waals surface area (Å²) in [5.41, 5.74) is -5.89. The van der Waals surface area contributed by atoms with Crippen LogP contribution in [0.15, 0.2) is 54.6 Å². The van der Waals surface area contributed by atoms with Crippen molar-refractivity contribution in [3.8, 4) is 5.75 Å². The van der Waals surface area contributed by atoms with Crippen LogP contribution in [0.2, 0.25) is 0 Å². The SMILES string of the molecule is O=C(Oc1ccc(C(F)(C(F)F)C(F)(F)F)cc1)c1ccccc1. The molecule has 128 valence electrons. The van der Waals surface area contributed by atoms with Crippen molar-refractivity contribution in [3.63, 3.8) is 0 Å². The molecule has 0 aliphatic heterocycles. The number of carbonyl (C=O) groups excluding carboxylic acids is 1. The average Bonchev–Trinajstić information content (AvgIpc) is 2.54. The first kappa shape index (κ1) is 17.8. The standard InChI is InChI=1S/C16H10F6O2/c17-14(18)15(19,16(20,21)22)11-6-8-12(9-7-11)24-13(23)10-4-2-1-3-5-10/h1-9,14H. The van der Waals surface area contributed by atoms with Gasteiger partial charge in [0.2, 0.25) is 0 Å². The van der Waals surface area contributed by atoms with Gasteiger partial charge in [-0.1, -0.05) is 30.3 Å². The van der Waals surface area contributed by atoms with Crippen molar-refractivity contribution in [2.24, 2.45) is 0 Å². The van der Waals surface area contributed by atoms with E-state index in [2.05, 4.69) is 0 Å².